The Labute approximate surface area is 107 Å². The van der Waals surface area contributed by atoms with Gasteiger partial charge in [0, 0.05) is 32.8 Å². The van der Waals surface area contributed by atoms with E-state index in [9.17, 15) is 9.59 Å². The molecule has 0 radical (unpaired) electrons. The lowest BCUT2D eigenvalue weighted by Crippen LogP contribution is -2.45. The van der Waals surface area contributed by atoms with Crippen LogP contribution in [0.5, 0.6) is 0 Å². The van der Waals surface area contributed by atoms with Gasteiger partial charge < -0.3 is 19.6 Å². The summed E-state index contributed by atoms with van der Waals surface area (Å²) >= 11 is 0. The molecule has 6 nitrogen and oxygen atoms in total. The Kier molecular flexibility index (Phi) is 5.91. The van der Waals surface area contributed by atoms with Crippen molar-refractivity contribution in [3.63, 3.8) is 0 Å². The highest BCUT2D eigenvalue weighted by atomic mass is 16.5. The third kappa shape index (κ3) is 4.18. The van der Waals surface area contributed by atoms with Gasteiger partial charge in [-0.15, -0.1) is 0 Å². The Bertz CT molecular complexity index is 296. The first kappa shape index (κ1) is 14.8. The summed E-state index contributed by atoms with van der Waals surface area (Å²) in [6.07, 6.45) is 1.69. The molecule has 1 heterocycles. The highest BCUT2D eigenvalue weighted by Crippen LogP contribution is 2.21. The number of carboxylic acid groups (broad SMARTS) is 1. The van der Waals surface area contributed by atoms with E-state index in [1.807, 2.05) is 6.92 Å². The molecule has 0 bridgehead atoms. The van der Waals surface area contributed by atoms with Crippen molar-refractivity contribution in [2.24, 2.45) is 0 Å². The predicted octanol–water partition coefficient (Wildman–Crippen LogP) is 1.01. The normalized spacial score (nSPS) is 19.0. The van der Waals surface area contributed by atoms with Crippen LogP contribution in [0.3, 0.4) is 0 Å². The molecule has 0 saturated carbocycles. The Morgan fingerprint density at radius 1 is 1.50 bits per heavy atom. The van der Waals surface area contributed by atoms with E-state index in [1.54, 1.807) is 16.8 Å². The van der Waals surface area contributed by atoms with Gasteiger partial charge in [0.2, 0.25) is 0 Å². The first-order valence-electron chi connectivity index (χ1n) is 6.37. The van der Waals surface area contributed by atoms with Gasteiger partial charge in [-0.05, 0) is 19.8 Å². The number of carboxylic acids is 1. The summed E-state index contributed by atoms with van der Waals surface area (Å²) in [5, 5.41) is 8.81. The van der Waals surface area contributed by atoms with Crippen molar-refractivity contribution in [1.82, 2.24) is 9.80 Å². The standard InChI is InChI=1S/C12H22N2O4/c1-3-18-8-7-13(2)12(17)14-6-4-5-10(14)9-11(15)16/h10H,3-9H2,1-2H3,(H,15,16). The maximum absolute atomic E-state index is 12.1. The van der Waals surface area contributed by atoms with Crippen molar-refractivity contribution >= 4 is 12.0 Å². The molecular formula is C12H22N2O4. The fraction of sp³-hybridized carbons (Fsp3) is 0.833. The zero-order valence-electron chi connectivity index (χ0n) is 11.1. The average Bonchev–Trinajstić information content (AvgIpc) is 2.75. The summed E-state index contributed by atoms with van der Waals surface area (Å²) in [5.74, 6) is -0.850. The topological polar surface area (TPSA) is 70.1 Å². The van der Waals surface area contributed by atoms with Gasteiger partial charge in [0.1, 0.15) is 0 Å². The number of likely N-dealkylation sites (tertiary alicyclic amines) is 1. The van der Waals surface area contributed by atoms with Crippen LogP contribution in [-0.4, -0.2) is 66.3 Å². The Morgan fingerprint density at radius 3 is 2.83 bits per heavy atom. The summed E-state index contributed by atoms with van der Waals surface area (Å²) in [4.78, 5) is 26.1. The van der Waals surface area contributed by atoms with Gasteiger partial charge in [0.05, 0.1) is 13.0 Å². The molecule has 0 aromatic heterocycles. The van der Waals surface area contributed by atoms with Crippen molar-refractivity contribution in [2.75, 3.05) is 33.4 Å². The molecule has 0 aliphatic carbocycles. The van der Waals surface area contributed by atoms with Gasteiger partial charge in [-0.2, -0.15) is 0 Å². The van der Waals surface area contributed by atoms with Crippen LogP contribution < -0.4 is 0 Å². The van der Waals surface area contributed by atoms with Crippen LogP contribution in [-0.2, 0) is 9.53 Å². The van der Waals surface area contributed by atoms with Crippen LogP contribution in [0.1, 0.15) is 26.2 Å². The summed E-state index contributed by atoms with van der Waals surface area (Å²) in [7, 11) is 1.72. The summed E-state index contributed by atoms with van der Waals surface area (Å²) in [6, 6.07) is -0.261. The summed E-state index contributed by atoms with van der Waals surface area (Å²) in [6.45, 7) is 4.23. The Hall–Kier alpha value is -1.30. The number of nitrogens with zero attached hydrogens (tertiary/aromatic N) is 2. The molecule has 1 fully saturated rings. The first-order chi connectivity index (χ1) is 8.56. The number of hydrogen-bond acceptors (Lipinski definition) is 3. The SMILES string of the molecule is CCOCCN(C)C(=O)N1CCCC1CC(=O)O. The molecule has 1 N–H and O–H groups in total. The van der Waals surface area contributed by atoms with Crippen molar-refractivity contribution in [2.45, 2.75) is 32.2 Å². The molecule has 1 saturated heterocycles. The van der Waals surface area contributed by atoms with Gasteiger partial charge >= 0.3 is 12.0 Å². The zero-order chi connectivity index (χ0) is 13.5. The van der Waals surface area contributed by atoms with Crippen LogP contribution >= 0.6 is 0 Å². The highest BCUT2D eigenvalue weighted by Gasteiger charge is 2.31. The van der Waals surface area contributed by atoms with Gasteiger partial charge in [-0.1, -0.05) is 0 Å². The van der Waals surface area contributed by atoms with E-state index < -0.39 is 5.97 Å². The van der Waals surface area contributed by atoms with Crippen molar-refractivity contribution in [3.8, 4) is 0 Å². The fourth-order valence-electron chi connectivity index (χ4n) is 2.16. The number of amides is 2. The van der Waals surface area contributed by atoms with Crippen LogP contribution in [0.15, 0.2) is 0 Å². The average molecular weight is 258 g/mol. The molecule has 1 aliphatic rings. The summed E-state index contributed by atoms with van der Waals surface area (Å²) in [5.41, 5.74) is 0. The van der Waals surface area contributed by atoms with Crippen molar-refractivity contribution in [1.29, 1.82) is 0 Å². The van der Waals surface area contributed by atoms with Crippen LogP contribution in [0.2, 0.25) is 0 Å². The van der Waals surface area contributed by atoms with Crippen LogP contribution in [0.25, 0.3) is 0 Å². The van der Waals surface area contributed by atoms with E-state index in [0.29, 0.717) is 26.3 Å². The minimum atomic E-state index is -0.850. The minimum Gasteiger partial charge on any atom is -0.481 e. The molecule has 1 rings (SSSR count). The van der Waals surface area contributed by atoms with Crippen LogP contribution in [0, 0.1) is 0 Å². The van der Waals surface area contributed by atoms with Crippen molar-refractivity contribution < 1.29 is 19.4 Å². The second-order valence-corrected chi connectivity index (χ2v) is 4.49. The van der Waals surface area contributed by atoms with E-state index in [1.165, 1.54) is 0 Å². The highest BCUT2D eigenvalue weighted by molar-refractivity contribution is 5.76. The molecule has 1 unspecified atom stereocenters. The second kappa shape index (κ2) is 7.20. The number of aliphatic carboxylic acids is 1. The Morgan fingerprint density at radius 2 is 2.22 bits per heavy atom. The van der Waals surface area contributed by atoms with E-state index in [0.717, 1.165) is 12.8 Å². The second-order valence-electron chi connectivity index (χ2n) is 4.49. The Balaban J connectivity index is 2.45. The third-order valence-corrected chi connectivity index (χ3v) is 3.13. The molecule has 18 heavy (non-hydrogen) atoms. The number of carbonyl (C=O) groups excluding carboxylic acids is 1. The lowest BCUT2D eigenvalue weighted by molar-refractivity contribution is -0.138. The van der Waals surface area contributed by atoms with Gasteiger partial charge in [-0.3, -0.25) is 4.79 Å². The number of rotatable bonds is 6. The molecular weight excluding hydrogens is 236 g/mol. The number of carbonyl (C=O) groups is 2. The first-order valence-corrected chi connectivity index (χ1v) is 6.37. The lowest BCUT2D eigenvalue weighted by atomic mass is 10.1. The molecule has 6 heteroatoms. The maximum Gasteiger partial charge on any atom is 0.320 e. The van der Waals surface area contributed by atoms with Crippen LogP contribution in [0.4, 0.5) is 4.79 Å². The molecule has 0 spiro atoms. The van der Waals surface area contributed by atoms with E-state index in [-0.39, 0.29) is 18.5 Å². The number of likely N-dealkylation sites (N-methyl/N-ethyl adjacent to an activating group) is 1. The van der Waals surface area contributed by atoms with E-state index in [4.69, 9.17) is 9.84 Å². The van der Waals surface area contributed by atoms with Gasteiger partial charge in [0.25, 0.3) is 0 Å². The molecule has 104 valence electrons. The van der Waals surface area contributed by atoms with Gasteiger partial charge in [-0.25, -0.2) is 4.79 Å². The molecule has 1 aliphatic heterocycles. The largest absolute Gasteiger partial charge is 0.481 e. The third-order valence-electron chi connectivity index (χ3n) is 3.13. The summed E-state index contributed by atoms with van der Waals surface area (Å²) < 4.78 is 5.20. The minimum absolute atomic E-state index is 0.0328. The molecule has 0 aromatic carbocycles. The van der Waals surface area contributed by atoms with Gasteiger partial charge in [0.15, 0.2) is 0 Å². The van der Waals surface area contributed by atoms with E-state index >= 15 is 0 Å². The van der Waals surface area contributed by atoms with E-state index in [2.05, 4.69) is 0 Å². The smallest absolute Gasteiger partial charge is 0.320 e. The quantitative estimate of drug-likeness (QED) is 0.722. The fourth-order valence-corrected chi connectivity index (χ4v) is 2.16. The van der Waals surface area contributed by atoms with Crippen molar-refractivity contribution in [3.05, 3.63) is 0 Å². The zero-order valence-corrected chi connectivity index (χ0v) is 11.1. The number of ether oxygens (including phenoxy) is 1. The number of urea groups is 1. The monoisotopic (exact) mass is 258 g/mol. The maximum atomic E-state index is 12.1. The molecule has 1 atom stereocenters. The molecule has 0 aromatic rings. The lowest BCUT2D eigenvalue weighted by Gasteiger charge is -2.28. The predicted molar refractivity (Wildman–Crippen MR) is 66.5 cm³/mol. The molecule has 2 amide bonds. The number of hydrogen-bond donors (Lipinski definition) is 1.